The van der Waals surface area contributed by atoms with E-state index in [1.165, 1.54) is 9.58 Å². The number of anilines is 1. The van der Waals surface area contributed by atoms with Crippen LogP contribution in [0.15, 0.2) is 59.4 Å². The lowest BCUT2D eigenvalue weighted by molar-refractivity contribution is 0.743. The zero-order valence-electron chi connectivity index (χ0n) is 13.1. The number of halogens is 1. The Labute approximate surface area is 144 Å². The molecule has 0 spiro atoms. The quantitative estimate of drug-likeness (QED) is 0.582. The average molecular weight is 342 g/mol. The van der Waals surface area contributed by atoms with Gasteiger partial charge in [-0.3, -0.25) is 5.01 Å². The number of aromatic nitrogens is 3. The summed E-state index contributed by atoms with van der Waals surface area (Å²) in [5.41, 5.74) is 1.06. The predicted octanol–water partition coefficient (Wildman–Crippen LogP) is 2.47. The minimum Gasteiger partial charge on any atom is -0.274 e. The van der Waals surface area contributed by atoms with Crippen LogP contribution in [0.5, 0.6) is 0 Å². The molecule has 3 aromatic rings. The van der Waals surface area contributed by atoms with Crippen molar-refractivity contribution in [2.45, 2.75) is 13.5 Å². The van der Waals surface area contributed by atoms with Gasteiger partial charge in [0.05, 0.1) is 17.3 Å². The number of hydrogen-bond acceptors (Lipinski definition) is 5. The third-order valence-electron chi connectivity index (χ3n) is 3.52. The normalized spacial score (nSPS) is 10.6. The molecule has 0 saturated carbocycles. The number of benzene rings is 2. The first-order valence-corrected chi connectivity index (χ1v) is 7.73. The molecule has 7 heteroatoms. The molecular weight excluding hydrogens is 326 g/mol. The maximum Gasteiger partial charge on any atom is 0.356 e. The van der Waals surface area contributed by atoms with Crippen LogP contribution in [-0.4, -0.2) is 14.5 Å². The standard InChI is InChI=1S/C17H16ClN5O/c1-12-20-16(22(19)11-13-7-3-2-4-8-13)21-17(24)23(12)15-10-6-5-9-14(15)18/h2-10H,11,19H2,1H3. The van der Waals surface area contributed by atoms with Crippen LogP contribution in [0.4, 0.5) is 5.95 Å². The summed E-state index contributed by atoms with van der Waals surface area (Å²) in [6.07, 6.45) is 0. The average Bonchev–Trinajstić information content (AvgIpc) is 2.56. The predicted molar refractivity (Wildman–Crippen MR) is 94.2 cm³/mol. The van der Waals surface area contributed by atoms with Gasteiger partial charge in [0.2, 0.25) is 5.95 Å². The highest BCUT2D eigenvalue weighted by molar-refractivity contribution is 6.32. The van der Waals surface area contributed by atoms with E-state index in [9.17, 15) is 4.79 Å². The Bertz CT molecular complexity index is 910. The molecule has 0 unspecified atom stereocenters. The molecule has 1 aromatic heterocycles. The Morgan fingerprint density at radius 2 is 1.75 bits per heavy atom. The summed E-state index contributed by atoms with van der Waals surface area (Å²) in [5.74, 6) is 6.65. The number of para-hydroxylation sites is 1. The van der Waals surface area contributed by atoms with Crippen LogP contribution in [0, 0.1) is 6.92 Å². The van der Waals surface area contributed by atoms with Gasteiger partial charge in [-0.1, -0.05) is 54.1 Å². The van der Waals surface area contributed by atoms with Crippen LogP contribution in [0.25, 0.3) is 5.69 Å². The molecule has 0 fully saturated rings. The molecule has 2 aromatic carbocycles. The number of aryl methyl sites for hydroxylation is 1. The number of rotatable bonds is 4. The minimum atomic E-state index is -0.478. The first-order chi connectivity index (χ1) is 11.6. The van der Waals surface area contributed by atoms with Crippen molar-refractivity contribution in [3.05, 3.63) is 81.5 Å². The zero-order chi connectivity index (χ0) is 17.1. The number of nitrogens with two attached hydrogens (primary N) is 1. The molecule has 0 amide bonds. The SMILES string of the molecule is Cc1nc(N(N)Cc2ccccc2)nc(=O)n1-c1ccccc1Cl. The molecule has 0 aliphatic carbocycles. The maximum atomic E-state index is 12.4. The molecule has 0 radical (unpaired) electrons. The van der Waals surface area contributed by atoms with Crippen molar-refractivity contribution in [1.29, 1.82) is 0 Å². The van der Waals surface area contributed by atoms with E-state index < -0.39 is 5.69 Å². The van der Waals surface area contributed by atoms with Crippen molar-refractivity contribution in [1.82, 2.24) is 14.5 Å². The fourth-order valence-corrected chi connectivity index (χ4v) is 2.60. The lowest BCUT2D eigenvalue weighted by Crippen LogP contribution is -2.36. The van der Waals surface area contributed by atoms with Gasteiger partial charge in [-0.2, -0.15) is 9.97 Å². The van der Waals surface area contributed by atoms with Gasteiger partial charge in [0.1, 0.15) is 5.82 Å². The Balaban J connectivity index is 1.96. The van der Waals surface area contributed by atoms with Crippen LogP contribution >= 0.6 is 11.6 Å². The molecule has 3 rings (SSSR count). The second kappa shape index (κ2) is 6.82. The number of hydrogen-bond donors (Lipinski definition) is 1. The Kier molecular flexibility index (Phi) is 4.59. The van der Waals surface area contributed by atoms with Crippen molar-refractivity contribution in [3.63, 3.8) is 0 Å². The largest absolute Gasteiger partial charge is 0.356 e. The summed E-state index contributed by atoms with van der Waals surface area (Å²) < 4.78 is 1.36. The van der Waals surface area contributed by atoms with Crippen LogP contribution in [-0.2, 0) is 6.54 Å². The van der Waals surface area contributed by atoms with Gasteiger partial charge in [-0.15, -0.1) is 0 Å². The number of hydrazine groups is 1. The fraction of sp³-hybridized carbons (Fsp3) is 0.118. The highest BCUT2D eigenvalue weighted by atomic mass is 35.5. The van der Waals surface area contributed by atoms with Gasteiger partial charge in [0.15, 0.2) is 0 Å². The van der Waals surface area contributed by atoms with Crippen molar-refractivity contribution < 1.29 is 0 Å². The summed E-state index contributed by atoms with van der Waals surface area (Å²) in [6, 6.07) is 16.7. The number of nitrogens with zero attached hydrogens (tertiary/aromatic N) is 4. The lowest BCUT2D eigenvalue weighted by Gasteiger charge is -2.18. The summed E-state index contributed by atoms with van der Waals surface area (Å²) in [6.45, 7) is 2.11. The Morgan fingerprint density at radius 1 is 1.08 bits per heavy atom. The van der Waals surface area contributed by atoms with Crippen molar-refractivity contribution in [3.8, 4) is 5.69 Å². The van der Waals surface area contributed by atoms with Gasteiger partial charge in [0, 0.05) is 0 Å². The molecule has 0 aliphatic rings. The molecule has 2 N–H and O–H groups in total. The molecule has 0 atom stereocenters. The summed E-state index contributed by atoms with van der Waals surface area (Å²) >= 11 is 6.16. The summed E-state index contributed by atoms with van der Waals surface area (Å²) in [4.78, 5) is 20.8. The van der Waals surface area contributed by atoms with Crippen LogP contribution in [0.3, 0.4) is 0 Å². The zero-order valence-corrected chi connectivity index (χ0v) is 13.8. The van der Waals surface area contributed by atoms with Gasteiger partial charge in [0.25, 0.3) is 0 Å². The van der Waals surface area contributed by atoms with Gasteiger partial charge < -0.3 is 0 Å². The second-order valence-electron chi connectivity index (χ2n) is 5.25. The molecule has 1 heterocycles. The van der Waals surface area contributed by atoms with Crippen molar-refractivity contribution >= 4 is 17.5 Å². The first kappa shape index (κ1) is 16.2. The topological polar surface area (TPSA) is 77.0 Å². The van der Waals surface area contributed by atoms with E-state index >= 15 is 0 Å². The highest BCUT2D eigenvalue weighted by Gasteiger charge is 2.14. The van der Waals surface area contributed by atoms with E-state index in [-0.39, 0.29) is 5.95 Å². The van der Waals surface area contributed by atoms with E-state index in [1.54, 1.807) is 31.2 Å². The van der Waals surface area contributed by atoms with E-state index in [0.717, 1.165) is 5.56 Å². The Hall–Kier alpha value is -2.70. The molecule has 0 saturated heterocycles. The minimum absolute atomic E-state index is 0.171. The molecule has 0 bridgehead atoms. The molecule has 0 aliphatic heterocycles. The lowest BCUT2D eigenvalue weighted by atomic mass is 10.2. The summed E-state index contributed by atoms with van der Waals surface area (Å²) in [5, 5.41) is 1.80. The fourth-order valence-electron chi connectivity index (χ4n) is 2.38. The molecule has 24 heavy (non-hydrogen) atoms. The third kappa shape index (κ3) is 3.29. The van der Waals surface area contributed by atoms with Crippen LogP contribution < -0.4 is 16.5 Å². The summed E-state index contributed by atoms with van der Waals surface area (Å²) in [7, 11) is 0. The maximum absolute atomic E-state index is 12.4. The van der Waals surface area contributed by atoms with Crippen molar-refractivity contribution in [2.24, 2.45) is 5.84 Å². The van der Waals surface area contributed by atoms with E-state index in [2.05, 4.69) is 9.97 Å². The van der Waals surface area contributed by atoms with Crippen molar-refractivity contribution in [2.75, 3.05) is 5.01 Å². The van der Waals surface area contributed by atoms with Gasteiger partial charge in [-0.25, -0.2) is 15.2 Å². The first-order valence-electron chi connectivity index (χ1n) is 7.35. The van der Waals surface area contributed by atoms with Gasteiger partial charge in [-0.05, 0) is 24.6 Å². The molecule has 6 nitrogen and oxygen atoms in total. The molecular formula is C17H16ClN5O. The van der Waals surface area contributed by atoms with Crippen LogP contribution in [0.1, 0.15) is 11.4 Å². The highest BCUT2D eigenvalue weighted by Crippen LogP contribution is 2.19. The third-order valence-corrected chi connectivity index (χ3v) is 3.84. The van der Waals surface area contributed by atoms with E-state index in [0.29, 0.717) is 23.1 Å². The van der Waals surface area contributed by atoms with E-state index in [1.807, 2.05) is 30.3 Å². The monoisotopic (exact) mass is 341 g/mol. The van der Waals surface area contributed by atoms with Gasteiger partial charge >= 0.3 is 5.69 Å². The molecule has 122 valence electrons. The van der Waals surface area contributed by atoms with Crippen LogP contribution in [0.2, 0.25) is 5.02 Å². The second-order valence-corrected chi connectivity index (χ2v) is 5.66. The van der Waals surface area contributed by atoms with E-state index in [4.69, 9.17) is 17.4 Å². The smallest absolute Gasteiger partial charge is 0.274 e. The Morgan fingerprint density at radius 3 is 2.42 bits per heavy atom.